The summed E-state index contributed by atoms with van der Waals surface area (Å²) >= 11 is 6.14. The van der Waals surface area contributed by atoms with E-state index in [9.17, 15) is 4.39 Å². The van der Waals surface area contributed by atoms with E-state index in [1.807, 2.05) is 25.2 Å². The van der Waals surface area contributed by atoms with Crippen LogP contribution < -0.4 is 5.32 Å². The number of hydrogen-bond acceptors (Lipinski definition) is 3. The lowest BCUT2D eigenvalue weighted by molar-refractivity contribution is 0.584. The fraction of sp³-hybridized carbons (Fsp3) is 0.0667. The van der Waals surface area contributed by atoms with Gasteiger partial charge in [-0.1, -0.05) is 17.7 Å². The van der Waals surface area contributed by atoms with Crippen LogP contribution in [0, 0.1) is 5.95 Å². The van der Waals surface area contributed by atoms with E-state index in [4.69, 9.17) is 11.6 Å². The summed E-state index contributed by atoms with van der Waals surface area (Å²) in [5.41, 5.74) is 3.45. The molecule has 0 aliphatic carbocycles. The van der Waals surface area contributed by atoms with Crippen LogP contribution in [-0.4, -0.2) is 17.0 Å². The van der Waals surface area contributed by atoms with Gasteiger partial charge >= 0.3 is 0 Å². The highest BCUT2D eigenvalue weighted by molar-refractivity contribution is 6.34. The molecule has 2 aromatic heterocycles. The quantitative estimate of drug-likeness (QED) is 0.720. The molecule has 1 aromatic carbocycles. The van der Waals surface area contributed by atoms with Crippen molar-refractivity contribution in [3.05, 3.63) is 53.7 Å². The van der Waals surface area contributed by atoms with Crippen molar-refractivity contribution in [1.82, 2.24) is 9.97 Å². The van der Waals surface area contributed by atoms with Gasteiger partial charge in [-0.15, -0.1) is 0 Å². The zero-order valence-corrected chi connectivity index (χ0v) is 11.4. The lowest BCUT2D eigenvalue weighted by Crippen LogP contribution is -1.93. The summed E-state index contributed by atoms with van der Waals surface area (Å²) in [6, 6.07) is 8.84. The van der Waals surface area contributed by atoms with E-state index >= 15 is 0 Å². The molecule has 0 atom stereocenters. The summed E-state index contributed by atoms with van der Waals surface area (Å²) in [5.74, 6) is -0.491. The Kier molecular flexibility index (Phi) is 3.24. The molecular formula is C15H11ClFN3. The van der Waals surface area contributed by atoms with Crippen molar-refractivity contribution < 1.29 is 4.39 Å². The van der Waals surface area contributed by atoms with Gasteiger partial charge in [0.25, 0.3) is 0 Å². The van der Waals surface area contributed by atoms with Gasteiger partial charge in [-0.3, -0.25) is 4.98 Å². The van der Waals surface area contributed by atoms with Crippen molar-refractivity contribution in [3.8, 4) is 11.1 Å². The zero-order valence-electron chi connectivity index (χ0n) is 10.7. The van der Waals surface area contributed by atoms with Crippen LogP contribution in [0.25, 0.3) is 22.0 Å². The molecule has 2 heterocycles. The molecular weight excluding hydrogens is 277 g/mol. The van der Waals surface area contributed by atoms with E-state index < -0.39 is 5.95 Å². The highest BCUT2D eigenvalue weighted by Crippen LogP contribution is 2.32. The molecule has 3 nitrogen and oxygen atoms in total. The van der Waals surface area contributed by atoms with Crippen molar-refractivity contribution in [3.63, 3.8) is 0 Å². The summed E-state index contributed by atoms with van der Waals surface area (Å²) in [5, 5.41) is 4.56. The average Bonchev–Trinajstić information content (AvgIpc) is 2.47. The summed E-state index contributed by atoms with van der Waals surface area (Å²) in [6.45, 7) is 0. The molecule has 0 radical (unpaired) electrons. The average molecular weight is 288 g/mol. The minimum Gasteiger partial charge on any atom is -0.386 e. The van der Waals surface area contributed by atoms with Gasteiger partial charge in [0.2, 0.25) is 5.95 Å². The zero-order chi connectivity index (χ0) is 14.1. The Morgan fingerprint density at radius 2 is 1.85 bits per heavy atom. The Labute approximate surface area is 120 Å². The van der Waals surface area contributed by atoms with Gasteiger partial charge in [0.15, 0.2) is 0 Å². The molecule has 0 unspecified atom stereocenters. The number of hydrogen-bond donors (Lipinski definition) is 1. The van der Waals surface area contributed by atoms with Crippen LogP contribution in [0.1, 0.15) is 0 Å². The van der Waals surface area contributed by atoms with Crippen LogP contribution in [0.15, 0.2) is 42.7 Å². The number of rotatable bonds is 2. The molecule has 1 N–H and O–H groups in total. The second kappa shape index (κ2) is 5.06. The fourth-order valence-electron chi connectivity index (χ4n) is 2.15. The second-order valence-corrected chi connectivity index (χ2v) is 4.74. The maximum Gasteiger partial charge on any atom is 0.212 e. The third kappa shape index (κ3) is 2.18. The lowest BCUT2D eigenvalue weighted by atomic mass is 10.0. The predicted molar refractivity (Wildman–Crippen MR) is 79.5 cm³/mol. The third-order valence-electron chi connectivity index (χ3n) is 3.13. The van der Waals surface area contributed by atoms with Crippen molar-refractivity contribution in [1.29, 1.82) is 0 Å². The van der Waals surface area contributed by atoms with Crippen LogP contribution in [0.5, 0.6) is 0 Å². The van der Waals surface area contributed by atoms with E-state index in [0.29, 0.717) is 5.02 Å². The molecule has 0 bridgehead atoms. The van der Waals surface area contributed by atoms with Gasteiger partial charge in [0, 0.05) is 30.4 Å². The van der Waals surface area contributed by atoms with Gasteiger partial charge in [0.1, 0.15) is 0 Å². The Morgan fingerprint density at radius 3 is 2.55 bits per heavy atom. The number of anilines is 1. The number of halogens is 2. The lowest BCUT2D eigenvalue weighted by Gasteiger charge is -2.09. The van der Waals surface area contributed by atoms with Crippen LogP contribution in [0.3, 0.4) is 0 Å². The van der Waals surface area contributed by atoms with Gasteiger partial charge in [-0.05, 0) is 29.8 Å². The number of pyridine rings is 2. The monoisotopic (exact) mass is 287 g/mol. The summed E-state index contributed by atoms with van der Waals surface area (Å²) < 4.78 is 12.9. The van der Waals surface area contributed by atoms with Crippen molar-refractivity contribution in [2.75, 3.05) is 12.4 Å². The van der Waals surface area contributed by atoms with Crippen molar-refractivity contribution >= 4 is 28.2 Å². The fourth-order valence-corrected chi connectivity index (χ4v) is 2.39. The standard InChI is InChI=1S/C15H11ClFN3/c1-18-15-11-6-9(10-3-5-14(17)20-7-10)2-4-13(11)19-8-12(15)16/h2-8H,1H3,(H,18,19). The minimum atomic E-state index is -0.491. The van der Waals surface area contributed by atoms with Crippen molar-refractivity contribution in [2.24, 2.45) is 0 Å². The molecule has 0 spiro atoms. The van der Waals surface area contributed by atoms with Crippen molar-refractivity contribution in [2.45, 2.75) is 0 Å². The third-order valence-corrected chi connectivity index (χ3v) is 3.42. The van der Waals surface area contributed by atoms with Gasteiger partial charge < -0.3 is 5.32 Å². The van der Waals surface area contributed by atoms with E-state index in [0.717, 1.165) is 27.7 Å². The minimum absolute atomic E-state index is 0.491. The Balaban J connectivity index is 2.21. The Hall–Kier alpha value is -2.20. The summed E-state index contributed by atoms with van der Waals surface area (Å²) in [6.07, 6.45) is 3.13. The van der Waals surface area contributed by atoms with E-state index in [2.05, 4.69) is 15.3 Å². The first kappa shape index (κ1) is 12.8. The van der Waals surface area contributed by atoms with Gasteiger partial charge in [0.05, 0.1) is 16.2 Å². The first-order valence-corrected chi connectivity index (χ1v) is 6.45. The van der Waals surface area contributed by atoms with Gasteiger partial charge in [-0.25, -0.2) is 4.98 Å². The van der Waals surface area contributed by atoms with E-state index in [1.165, 1.54) is 12.3 Å². The number of fused-ring (bicyclic) bond motifs is 1. The molecule has 3 rings (SSSR count). The topological polar surface area (TPSA) is 37.8 Å². The highest BCUT2D eigenvalue weighted by Gasteiger charge is 2.08. The number of nitrogens with zero attached hydrogens (tertiary/aromatic N) is 2. The molecule has 0 saturated carbocycles. The molecule has 0 aliphatic rings. The smallest absolute Gasteiger partial charge is 0.212 e. The summed E-state index contributed by atoms with van der Waals surface area (Å²) in [7, 11) is 1.81. The molecule has 20 heavy (non-hydrogen) atoms. The maximum atomic E-state index is 12.9. The van der Waals surface area contributed by atoms with E-state index in [1.54, 1.807) is 12.3 Å². The normalized spacial score (nSPS) is 10.8. The van der Waals surface area contributed by atoms with Gasteiger partial charge in [-0.2, -0.15) is 4.39 Å². The molecule has 100 valence electrons. The Bertz CT molecular complexity index is 772. The molecule has 3 aromatic rings. The largest absolute Gasteiger partial charge is 0.386 e. The molecule has 5 heteroatoms. The van der Waals surface area contributed by atoms with E-state index in [-0.39, 0.29) is 0 Å². The molecule has 0 aliphatic heterocycles. The Morgan fingerprint density at radius 1 is 1.05 bits per heavy atom. The summed E-state index contributed by atoms with van der Waals surface area (Å²) in [4.78, 5) is 7.96. The number of aromatic nitrogens is 2. The first-order chi connectivity index (χ1) is 9.69. The molecule has 0 fully saturated rings. The number of nitrogens with one attached hydrogen (secondary N) is 1. The SMILES string of the molecule is CNc1c(Cl)cnc2ccc(-c3ccc(F)nc3)cc12. The second-order valence-electron chi connectivity index (χ2n) is 4.33. The van der Waals surface area contributed by atoms with Crippen LogP contribution >= 0.6 is 11.6 Å². The number of benzene rings is 1. The molecule has 0 amide bonds. The predicted octanol–water partition coefficient (Wildman–Crippen LogP) is 4.13. The van der Waals surface area contributed by atoms with Crippen LogP contribution in [0.4, 0.5) is 10.1 Å². The van der Waals surface area contributed by atoms with Crippen LogP contribution in [0.2, 0.25) is 5.02 Å². The van der Waals surface area contributed by atoms with Crippen LogP contribution in [-0.2, 0) is 0 Å². The maximum absolute atomic E-state index is 12.9. The first-order valence-electron chi connectivity index (χ1n) is 6.07. The molecule has 0 saturated heterocycles. The highest BCUT2D eigenvalue weighted by atomic mass is 35.5.